The van der Waals surface area contributed by atoms with Crippen LogP contribution in [0.25, 0.3) is 11.0 Å². The molecule has 154 valence electrons. The Hall–Kier alpha value is -2.65. The monoisotopic (exact) mass is 409 g/mol. The maximum Gasteiger partial charge on any atom is 0.573 e. The lowest BCUT2D eigenvalue weighted by Crippen LogP contribution is -2.37. The number of hydrogen-bond donors (Lipinski definition) is 0. The fourth-order valence-corrected chi connectivity index (χ4v) is 3.55. The van der Waals surface area contributed by atoms with Crippen molar-refractivity contribution in [3.05, 3.63) is 59.7 Å². The molecule has 0 amide bonds. The number of fused-ring (bicyclic) bond motifs is 1. The number of nitrogens with zero attached hydrogens (tertiary/aromatic N) is 3. The third-order valence-corrected chi connectivity index (χ3v) is 4.84. The summed E-state index contributed by atoms with van der Waals surface area (Å²) in [7, 11) is 1.91. The molecular weight excluding hydrogens is 390 g/mol. The van der Waals surface area contributed by atoms with Crippen LogP contribution in [0.5, 0.6) is 5.75 Å². The minimum Gasteiger partial charge on any atom is -0.406 e. The number of imidazole rings is 1. The molecule has 9 heteroatoms. The lowest BCUT2D eigenvalue weighted by atomic mass is 10.1. The minimum atomic E-state index is -4.86. The number of rotatable bonds is 4. The van der Waals surface area contributed by atoms with E-state index in [1.54, 1.807) is 6.33 Å². The second-order valence-electron chi connectivity index (χ2n) is 7.04. The van der Waals surface area contributed by atoms with Gasteiger partial charge in [0.05, 0.1) is 30.1 Å². The molecule has 1 aliphatic heterocycles. The maximum absolute atomic E-state index is 13.8. The van der Waals surface area contributed by atoms with Crippen LogP contribution in [-0.2, 0) is 18.3 Å². The standard InChI is InChI=1S/C20H19F4N3O2/c1-26-12-25-17-3-2-14(8-18(17)26)19-11-27(4-5-28-19)10-13-6-15(21)9-16(7-13)29-20(22,23)24/h2-3,6-9,12,19H,4-5,10-11H2,1H3/t19-/m0/s1. The smallest absolute Gasteiger partial charge is 0.406 e. The molecule has 1 saturated heterocycles. The van der Waals surface area contributed by atoms with Crippen molar-refractivity contribution in [2.75, 3.05) is 19.7 Å². The summed E-state index contributed by atoms with van der Waals surface area (Å²) in [6.07, 6.45) is -3.31. The Kier molecular flexibility index (Phi) is 5.18. The van der Waals surface area contributed by atoms with Gasteiger partial charge in [-0.1, -0.05) is 6.07 Å². The van der Waals surface area contributed by atoms with E-state index >= 15 is 0 Å². The molecule has 0 aliphatic carbocycles. The van der Waals surface area contributed by atoms with E-state index in [4.69, 9.17) is 4.74 Å². The summed E-state index contributed by atoms with van der Waals surface area (Å²) >= 11 is 0. The molecule has 1 aromatic heterocycles. The summed E-state index contributed by atoms with van der Waals surface area (Å²) in [4.78, 5) is 6.32. The number of alkyl halides is 3. The molecule has 3 aromatic rings. The number of aromatic nitrogens is 2. The van der Waals surface area contributed by atoms with Gasteiger partial charge < -0.3 is 14.0 Å². The van der Waals surface area contributed by atoms with Crippen molar-refractivity contribution < 1.29 is 27.0 Å². The number of aryl methyl sites for hydroxylation is 1. The van der Waals surface area contributed by atoms with Crippen LogP contribution >= 0.6 is 0 Å². The Morgan fingerprint density at radius 1 is 1.21 bits per heavy atom. The number of halogens is 4. The first-order valence-corrected chi connectivity index (χ1v) is 9.07. The molecule has 0 unspecified atom stereocenters. The van der Waals surface area contributed by atoms with Crippen molar-refractivity contribution in [1.82, 2.24) is 14.5 Å². The predicted molar refractivity (Wildman–Crippen MR) is 97.8 cm³/mol. The highest BCUT2D eigenvalue weighted by Gasteiger charge is 2.31. The third kappa shape index (κ3) is 4.68. The first-order chi connectivity index (χ1) is 13.8. The summed E-state index contributed by atoms with van der Waals surface area (Å²) in [6, 6.07) is 9.07. The fraction of sp³-hybridized carbons (Fsp3) is 0.350. The number of morpholine rings is 1. The van der Waals surface area contributed by atoms with Gasteiger partial charge in [0.1, 0.15) is 11.6 Å². The van der Waals surface area contributed by atoms with Gasteiger partial charge in [-0.15, -0.1) is 13.2 Å². The summed E-state index contributed by atoms with van der Waals surface area (Å²) in [5.41, 5.74) is 3.28. The lowest BCUT2D eigenvalue weighted by Gasteiger charge is -2.33. The van der Waals surface area contributed by atoms with Gasteiger partial charge in [0.25, 0.3) is 0 Å². The van der Waals surface area contributed by atoms with E-state index in [-0.39, 0.29) is 6.10 Å². The van der Waals surface area contributed by atoms with Gasteiger partial charge in [-0.2, -0.15) is 0 Å². The fourth-order valence-electron chi connectivity index (χ4n) is 3.55. The summed E-state index contributed by atoms with van der Waals surface area (Å²) in [5, 5.41) is 0. The summed E-state index contributed by atoms with van der Waals surface area (Å²) in [5.74, 6) is -1.33. The van der Waals surface area contributed by atoms with E-state index in [1.807, 2.05) is 34.7 Å². The SMILES string of the molecule is Cn1cnc2ccc([C@@H]3CN(Cc4cc(F)cc(OC(F)(F)F)c4)CCO3)cc21. The van der Waals surface area contributed by atoms with Crippen LogP contribution in [0.2, 0.25) is 0 Å². The van der Waals surface area contributed by atoms with Crippen LogP contribution in [0.15, 0.2) is 42.7 Å². The second-order valence-corrected chi connectivity index (χ2v) is 7.04. The second kappa shape index (κ2) is 7.64. The van der Waals surface area contributed by atoms with Crippen molar-refractivity contribution in [2.24, 2.45) is 7.05 Å². The minimum absolute atomic E-state index is 0.192. The molecule has 2 aromatic carbocycles. The van der Waals surface area contributed by atoms with Crippen LogP contribution in [0.1, 0.15) is 17.2 Å². The molecule has 5 nitrogen and oxygen atoms in total. The number of benzene rings is 2. The Balaban J connectivity index is 1.49. The number of ether oxygens (including phenoxy) is 2. The Labute approximate surface area is 164 Å². The number of hydrogen-bond acceptors (Lipinski definition) is 4. The largest absolute Gasteiger partial charge is 0.573 e. The van der Waals surface area contributed by atoms with E-state index in [9.17, 15) is 17.6 Å². The molecule has 1 fully saturated rings. The van der Waals surface area contributed by atoms with Gasteiger partial charge >= 0.3 is 6.36 Å². The van der Waals surface area contributed by atoms with E-state index in [2.05, 4.69) is 9.72 Å². The lowest BCUT2D eigenvalue weighted by molar-refractivity contribution is -0.274. The maximum atomic E-state index is 13.8. The molecule has 0 radical (unpaired) electrons. The molecule has 29 heavy (non-hydrogen) atoms. The van der Waals surface area contributed by atoms with Crippen molar-refractivity contribution in [3.8, 4) is 5.75 Å². The van der Waals surface area contributed by atoms with Gasteiger partial charge in [0, 0.05) is 32.7 Å². The average Bonchev–Trinajstić information content (AvgIpc) is 3.00. The van der Waals surface area contributed by atoms with E-state index in [0.717, 1.165) is 22.7 Å². The average molecular weight is 409 g/mol. The van der Waals surface area contributed by atoms with Crippen molar-refractivity contribution in [3.63, 3.8) is 0 Å². The van der Waals surface area contributed by atoms with Crippen molar-refractivity contribution >= 4 is 11.0 Å². The van der Waals surface area contributed by atoms with Crippen molar-refractivity contribution in [1.29, 1.82) is 0 Å². The highest BCUT2D eigenvalue weighted by Crippen LogP contribution is 2.28. The highest BCUT2D eigenvalue weighted by molar-refractivity contribution is 5.76. The van der Waals surface area contributed by atoms with Gasteiger partial charge in [-0.25, -0.2) is 9.37 Å². The molecule has 1 atom stereocenters. The quantitative estimate of drug-likeness (QED) is 0.606. The predicted octanol–water partition coefficient (Wildman–Crippen LogP) is 4.18. The van der Waals surface area contributed by atoms with Crippen LogP contribution in [-0.4, -0.2) is 40.5 Å². The van der Waals surface area contributed by atoms with Crippen LogP contribution < -0.4 is 4.74 Å². The molecule has 0 saturated carbocycles. The molecule has 4 rings (SSSR count). The third-order valence-electron chi connectivity index (χ3n) is 4.84. The van der Waals surface area contributed by atoms with Gasteiger partial charge in [0.2, 0.25) is 0 Å². The zero-order valence-electron chi connectivity index (χ0n) is 15.6. The summed E-state index contributed by atoms with van der Waals surface area (Å²) < 4.78 is 62.7. The zero-order chi connectivity index (χ0) is 20.6. The van der Waals surface area contributed by atoms with E-state index in [0.29, 0.717) is 31.8 Å². The molecule has 0 spiro atoms. The molecule has 0 bridgehead atoms. The Morgan fingerprint density at radius 3 is 2.83 bits per heavy atom. The van der Waals surface area contributed by atoms with Crippen LogP contribution in [0, 0.1) is 5.82 Å². The zero-order valence-corrected chi connectivity index (χ0v) is 15.6. The Morgan fingerprint density at radius 2 is 2.03 bits per heavy atom. The van der Waals surface area contributed by atoms with Gasteiger partial charge in [0.15, 0.2) is 0 Å². The Bertz CT molecular complexity index is 1020. The summed E-state index contributed by atoms with van der Waals surface area (Å²) in [6.45, 7) is 1.89. The van der Waals surface area contributed by atoms with Gasteiger partial charge in [-0.3, -0.25) is 4.90 Å². The molecule has 0 N–H and O–H groups in total. The highest BCUT2D eigenvalue weighted by atomic mass is 19.4. The van der Waals surface area contributed by atoms with Gasteiger partial charge in [-0.05, 0) is 35.4 Å². The first-order valence-electron chi connectivity index (χ1n) is 9.07. The molecule has 1 aliphatic rings. The normalized spacial score (nSPS) is 18.3. The van der Waals surface area contributed by atoms with E-state index in [1.165, 1.54) is 12.1 Å². The molecule has 2 heterocycles. The molecular formula is C20H19F4N3O2. The van der Waals surface area contributed by atoms with E-state index < -0.39 is 17.9 Å². The first kappa shape index (κ1) is 19.7. The van der Waals surface area contributed by atoms with Crippen LogP contribution in [0.4, 0.5) is 17.6 Å². The topological polar surface area (TPSA) is 39.5 Å². The van der Waals surface area contributed by atoms with Crippen LogP contribution in [0.3, 0.4) is 0 Å². The van der Waals surface area contributed by atoms with Crippen molar-refractivity contribution in [2.45, 2.75) is 19.0 Å².